The minimum absolute atomic E-state index is 0.0581. The zero-order valence-corrected chi connectivity index (χ0v) is 11.9. The van der Waals surface area contributed by atoms with Crippen molar-refractivity contribution in [3.63, 3.8) is 0 Å². The second kappa shape index (κ2) is 5.19. The molecule has 1 aliphatic heterocycles. The summed E-state index contributed by atoms with van der Waals surface area (Å²) in [6.45, 7) is 1.94. The molecule has 3 heterocycles. The van der Waals surface area contributed by atoms with Gasteiger partial charge in [-0.2, -0.15) is 0 Å². The number of nitrogens with zero attached hydrogens (tertiary/aromatic N) is 1. The fraction of sp³-hybridized carbons (Fsp3) is 0.143. The van der Waals surface area contributed by atoms with Crippen LogP contribution < -0.4 is 5.32 Å². The molecule has 2 aromatic rings. The highest BCUT2D eigenvalue weighted by Crippen LogP contribution is 2.45. The van der Waals surface area contributed by atoms with Crippen LogP contribution in [-0.2, 0) is 4.79 Å². The highest BCUT2D eigenvalue weighted by atomic mass is 32.2. The Bertz CT molecular complexity index is 620. The maximum Gasteiger partial charge on any atom is 0.242 e. The SMILES string of the molecule is CC1=C(c2ccncc2)SC(c2cccs2)C(=O)N1. The van der Waals surface area contributed by atoms with Crippen molar-refractivity contribution in [1.82, 2.24) is 10.3 Å². The lowest BCUT2D eigenvalue weighted by molar-refractivity contribution is -0.119. The third kappa shape index (κ3) is 2.43. The molecule has 3 rings (SSSR count). The van der Waals surface area contributed by atoms with Gasteiger partial charge in [-0.3, -0.25) is 9.78 Å². The standard InChI is InChI=1S/C14H12N2OS2/c1-9-12(10-4-6-15-7-5-10)19-13(14(17)16-9)11-3-2-8-18-11/h2-8,13H,1H3,(H,16,17). The van der Waals surface area contributed by atoms with Crippen molar-refractivity contribution in [2.24, 2.45) is 0 Å². The van der Waals surface area contributed by atoms with E-state index in [0.717, 1.165) is 21.0 Å². The molecule has 2 aromatic heterocycles. The first-order valence-electron chi connectivity index (χ1n) is 5.88. The van der Waals surface area contributed by atoms with Crippen LogP contribution in [0.3, 0.4) is 0 Å². The lowest BCUT2D eigenvalue weighted by Gasteiger charge is -2.24. The number of pyridine rings is 1. The molecule has 96 valence electrons. The quantitative estimate of drug-likeness (QED) is 0.920. The number of aromatic nitrogens is 1. The number of rotatable bonds is 2. The van der Waals surface area contributed by atoms with Crippen LogP contribution in [0.2, 0.25) is 0 Å². The second-order valence-corrected chi connectivity index (χ2v) is 6.29. The van der Waals surface area contributed by atoms with Gasteiger partial charge in [0.25, 0.3) is 0 Å². The minimum Gasteiger partial charge on any atom is -0.328 e. The van der Waals surface area contributed by atoms with Gasteiger partial charge in [-0.1, -0.05) is 6.07 Å². The van der Waals surface area contributed by atoms with Gasteiger partial charge in [0.05, 0.1) is 0 Å². The minimum atomic E-state index is -0.160. The molecule has 0 spiro atoms. The van der Waals surface area contributed by atoms with Gasteiger partial charge in [-0.05, 0) is 36.1 Å². The number of carbonyl (C=O) groups is 1. The molecule has 1 unspecified atom stereocenters. The van der Waals surface area contributed by atoms with E-state index >= 15 is 0 Å². The van der Waals surface area contributed by atoms with E-state index in [1.165, 1.54) is 0 Å². The van der Waals surface area contributed by atoms with Gasteiger partial charge < -0.3 is 5.32 Å². The molecule has 1 N–H and O–H groups in total. The van der Waals surface area contributed by atoms with Crippen molar-refractivity contribution in [3.05, 3.63) is 58.2 Å². The molecule has 1 atom stereocenters. The smallest absolute Gasteiger partial charge is 0.242 e. The molecule has 1 aliphatic rings. The van der Waals surface area contributed by atoms with Crippen LogP contribution in [-0.4, -0.2) is 10.9 Å². The van der Waals surface area contributed by atoms with Crippen molar-refractivity contribution in [3.8, 4) is 0 Å². The molecule has 5 heteroatoms. The van der Waals surface area contributed by atoms with Crippen LogP contribution in [0, 0.1) is 0 Å². The summed E-state index contributed by atoms with van der Waals surface area (Å²) in [5.41, 5.74) is 2.01. The van der Waals surface area contributed by atoms with Gasteiger partial charge >= 0.3 is 0 Å². The largest absolute Gasteiger partial charge is 0.328 e. The van der Waals surface area contributed by atoms with Crippen molar-refractivity contribution in [1.29, 1.82) is 0 Å². The summed E-state index contributed by atoms with van der Waals surface area (Å²) in [4.78, 5) is 18.3. The topological polar surface area (TPSA) is 42.0 Å². The Kier molecular flexibility index (Phi) is 3.40. The molecule has 19 heavy (non-hydrogen) atoms. The Morgan fingerprint density at radius 1 is 1.26 bits per heavy atom. The molecule has 0 radical (unpaired) electrons. The van der Waals surface area contributed by atoms with Gasteiger partial charge in [-0.25, -0.2) is 0 Å². The van der Waals surface area contributed by atoms with Crippen molar-refractivity contribution >= 4 is 33.9 Å². The molecular formula is C14H12N2OS2. The molecule has 0 saturated heterocycles. The van der Waals surface area contributed by atoms with E-state index < -0.39 is 0 Å². The highest BCUT2D eigenvalue weighted by Gasteiger charge is 2.29. The summed E-state index contributed by atoms with van der Waals surface area (Å²) in [6.07, 6.45) is 3.54. The predicted octanol–water partition coefficient (Wildman–Crippen LogP) is 3.44. The summed E-state index contributed by atoms with van der Waals surface area (Å²) >= 11 is 3.22. The van der Waals surface area contributed by atoms with Crippen LogP contribution in [0.4, 0.5) is 0 Å². The van der Waals surface area contributed by atoms with Crippen LogP contribution in [0.15, 0.2) is 47.7 Å². The van der Waals surface area contributed by atoms with E-state index in [4.69, 9.17) is 0 Å². The third-order valence-electron chi connectivity index (χ3n) is 2.87. The average Bonchev–Trinajstić information content (AvgIpc) is 2.94. The Hall–Kier alpha value is -1.59. The van der Waals surface area contributed by atoms with E-state index in [0.29, 0.717) is 0 Å². The average molecular weight is 288 g/mol. The normalized spacial score (nSPS) is 19.4. The molecular weight excluding hydrogens is 276 g/mol. The number of hydrogen-bond acceptors (Lipinski definition) is 4. The van der Waals surface area contributed by atoms with E-state index in [9.17, 15) is 4.79 Å². The molecule has 0 aliphatic carbocycles. The Morgan fingerprint density at radius 3 is 2.74 bits per heavy atom. The number of nitrogens with one attached hydrogen (secondary N) is 1. The molecule has 0 fully saturated rings. The Balaban J connectivity index is 1.97. The Morgan fingerprint density at radius 2 is 2.05 bits per heavy atom. The zero-order valence-electron chi connectivity index (χ0n) is 10.3. The van der Waals surface area contributed by atoms with E-state index in [1.54, 1.807) is 35.5 Å². The van der Waals surface area contributed by atoms with Crippen molar-refractivity contribution in [2.75, 3.05) is 0 Å². The first-order valence-corrected chi connectivity index (χ1v) is 7.64. The van der Waals surface area contributed by atoms with Crippen molar-refractivity contribution in [2.45, 2.75) is 12.2 Å². The maximum absolute atomic E-state index is 12.1. The number of thioether (sulfide) groups is 1. The maximum atomic E-state index is 12.1. The summed E-state index contributed by atoms with van der Waals surface area (Å²) < 4.78 is 0. The first-order chi connectivity index (χ1) is 9.25. The van der Waals surface area contributed by atoms with Crippen molar-refractivity contribution < 1.29 is 4.79 Å². The van der Waals surface area contributed by atoms with Gasteiger partial charge in [0.2, 0.25) is 5.91 Å². The number of amides is 1. The molecule has 0 bridgehead atoms. The lowest BCUT2D eigenvalue weighted by Crippen LogP contribution is -2.30. The summed E-state index contributed by atoms with van der Waals surface area (Å²) in [6, 6.07) is 7.92. The second-order valence-electron chi connectivity index (χ2n) is 4.19. The predicted molar refractivity (Wildman–Crippen MR) is 79.6 cm³/mol. The van der Waals surface area contributed by atoms with Crippen LogP contribution in [0.25, 0.3) is 4.91 Å². The van der Waals surface area contributed by atoms with E-state index in [2.05, 4.69) is 10.3 Å². The molecule has 3 nitrogen and oxygen atoms in total. The number of carbonyl (C=O) groups excluding carboxylic acids is 1. The summed E-state index contributed by atoms with van der Waals surface area (Å²) in [5, 5.41) is 4.81. The van der Waals surface area contributed by atoms with Crippen LogP contribution >= 0.6 is 23.1 Å². The molecule has 1 amide bonds. The van der Waals surface area contributed by atoms with Gasteiger partial charge in [-0.15, -0.1) is 23.1 Å². The lowest BCUT2D eigenvalue weighted by atomic mass is 10.2. The van der Waals surface area contributed by atoms with Crippen LogP contribution in [0.1, 0.15) is 22.6 Å². The third-order valence-corrected chi connectivity index (χ3v) is 5.44. The van der Waals surface area contributed by atoms with E-state index in [-0.39, 0.29) is 11.2 Å². The number of thiophene rings is 1. The van der Waals surface area contributed by atoms with E-state index in [1.807, 2.05) is 36.6 Å². The Labute approximate surface area is 119 Å². The summed E-state index contributed by atoms with van der Waals surface area (Å²) in [7, 11) is 0. The van der Waals surface area contributed by atoms with Gasteiger partial charge in [0.15, 0.2) is 0 Å². The van der Waals surface area contributed by atoms with Gasteiger partial charge in [0.1, 0.15) is 5.25 Å². The summed E-state index contributed by atoms with van der Waals surface area (Å²) in [5.74, 6) is 0.0581. The highest BCUT2D eigenvalue weighted by molar-refractivity contribution is 8.09. The number of allylic oxidation sites excluding steroid dienone is 1. The molecule has 0 saturated carbocycles. The monoisotopic (exact) mass is 288 g/mol. The molecule has 0 aromatic carbocycles. The van der Waals surface area contributed by atoms with Crippen LogP contribution in [0.5, 0.6) is 0 Å². The fourth-order valence-corrected chi connectivity index (χ4v) is 4.09. The zero-order chi connectivity index (χ0) is 13.2. The first kappa shape index (κ1) is 12.4. The fourth-order valence-electron chi connectivity index (χ4n) is 1.98. The van der Waals surface area contributed by atoms with Gasteiger partial charge in [0, 0.05) is 27.9 Å². The number of hydrogen-bond donors (Lipinski definition) is 1.